The van der Waals surface area contributed by atoms with Crippen molar-refractivity contribution in [3.05, 3.63) is 29.3 Å². The molecule has 2 nitrogen and oxygen atoms in total. The average molecular weight is 235 g/mol. The first-order valence-electron chi connectivity index (χ1n) is 6.70. The number of ether oxygens (including phenoxy) is 1. The molecule has 1 aromatic carbocycles. The Kier molecular flexibility index (Phi) is 6.71. The summed E-state index contributed by atoms with van der Waals surface area (Å²) < 4.78 is 5.65. The van der Waals surface area contributed by atoms with Crippen LogP contribution in [0.5, 0.6) is 5.75 Å². The van der Waals surface area contributed by atoms with Crippen molar-refractivity contribution in [1.82, 2.24) is 0 Å². The van der Waals surface area contributed by atoms with E-state index in [9.17, 15) is 0 Å². The van der Waals surface area contributed by atoms with Gasteiger partial charge in [-0.05, 0) is 51.3 Å². The van der Waals surface area contributed by atoms with Crippen LogP contribution in [0, 0.1) is 6.92 Å². The van der Waals surface area contributed by atoms with Crippen molar-refractivity contribution in [2.24, 2.45) is 5.73 Å². The molecule has 0 aromatic heterocycles. The minimum Gasteiger partial charge on any atom is -0.494 e. The summed E-state index contributed by atoms with van der Waals surface area (Å²) in [5.74, 6) is 1.05. The van der Waals surface area contributed by atoms with E-state index in [0.29, 0.717) is 0 Å². The standard InChI is InChI=1S/C15H25NO/c1-3-17-15-10-9-13(2)12-14(15)8-6-4-5-7-11-16/h9-10,12H,3-8,11,16H2,1-2H3. The van der Waals surface area contributed by atoms with Crippen LogP contribution in [0.4, 0.5) is 0 Å². The number of nitrogens with two attached hydrogens (primary N) is 1. The number of rotatable bonds is 8. The third-order valence-electron chi connectivity index (χ3n) is 2.92. The molecular weight excluding hydrogens is 210 g/mol. The summed E-state index contributed by atoms with van der Waals surface area (Å²) in [4.78, 5) is 0. The molecule has 0 spiro atoms. The van der Waals surface area contributed by atoms with E-state index < -0.39 is 0 Å². The summed E-state index contributed by atoms with van der Waals surface area (Å²) >= 11 is 0. The first-order valence-corrected chi connectivity index (χ1v) is 6.70. The molecule has 0 heterocycles. The lowest BCUT2D eigenvalue weighted by atomic mass is 10.0. The molecule has 0 aliphatic carbocycles. The highest BCUT2D eigenvalue weighted by atomic mass is 16.5. The Balaban J connectivity index is 2.47. The first kappa shape index (κ1) is 14.0. The second-order valence-corrected chi connectivity index (χ2v) is 4.50. The fourth-order valence-corrected chi connectivity index (χ4v) is 2.01. The molecule has 0 radical (unpaired) electrons. The van der Waals surface area contributed by atoms with E-state index in [1.807, 2.05) is 6.92 Å². The van der Waals surface area contributed by atoms with Gasteiger partial charge in [0.25, 0.3) is 0 Å². The smallest absolute Gasteiger partial charge is 0.122 e. The van der Waals surface area contributed by atoms with Crippen molar-refractivity contribution in [3.8, 4) is 5.75 Å². The van der Waals surface area contributed by atoms with Gasteiger partial charge in [-0.1, -0.05) is 30.5 Å². The van der Waals surface area contributed by atoms with Crippen LogP contribution in [-0.2, 0) is 6.42 Å². The summed E-state index contributed by atoms with van der Waals surface area (Å²) in [7, 11) is 0. The van der Waals surface area contributed by atoms with Gasteiger partial charge in [0.15, 0.2) is 0 Å². The minimum atomic E-state index is 0.739. The summed E-state index contributed by atoms with van der Waals surface area (Å²) in [5, 5.41) is 0. The predicted molar refractivity (Wildman–Crippen MR) is 73.6 cm³/mol. The van der Waals surface area contributed by atoms with Crippen LogP contribution in [-0.4, -0.2) is 13.2 Å². The van der Waals surface area contributed by atoms with E-state index in [1.54, 1.807) is 0 Å². The Labute approximate surface area is 105 Å². The normalized spacial score (nSPS) is 10.5. The van der Waals surface area contributed by atoms with Crippen molar-refractivity contribution in [2.45, 2.75) is 46.0 Å². The molecule has 0 atom stereocenters. The molecule has 0 saturated carbocycles. The number of aryl methyl sites for hydroxylation is 2. The van der Waals surface area contributed by atoms with Gasteiger partial charge in [-0.2, -0.15) is 0 Å². The number of hydrogen-bond donors (Lipinski definition) is 1. The second-order valence-electron chi connectivity index (χ2n) is 4.50. The highest BCUT2D eigenvalue weighted by Crippen LogP contribution is 2.22. The highest BCUT2D eigenvalue weighted by molar-refractivity contribution is 5.36. The van der Waals surface area contributed by atoms with E-state index >= 15 is 0 Å². The van der Waals surface area contributed by atoms with Crippen LogP contribution < -0.4 is 10.5 Å². The molecule has 0 fully saturated rings. The zero-order valence-electron chi connectivity index (χ0n) is 11.2. The molecule has 1 rings (SSSR count). The quantitative estimate of drug-likeness (QED) is 0.700. The fraction of sp³-hybridized carbons (Fsp3) is 0.600. The van der Waals surface area contributed by atoms with Gasteiger partial charge < -0.3 is 10.5 Å². The third-order valence-corrected chi connectivity index (χ3v) is 2.92. The minimum absolute atomic E-state index is 0.739. The second kappa shape index (κ2) is 8.13. The molecule has 0 amide bonds. The maximum absolute atomic E-state index is 5.65. The zero-order valence-corrected chi connectivity index (χ0v) is 11.2. The van der Waals surface area contributed by atoms with E-state index in [1.165, 1.54) is 30.4 Å². The number of benzene rings is 1. The van der Waals surface area contributed by atoms with Gasteiger partial charge in [0.2, 0.25) is 0 Å². The van der Waals surface area contributed by atoms with Crippen molar-refractivity contribution in [1.29, 1.82) is 0 Å². The molecule has 17 heavy (non-hydrogen) atoms. The maximum atomic E-state index is 5.65. The van der Waals surface area contributed by atoms with Crippen LogP contribution in [0.15, 0.2) is 18.2 Å². The molecular formula is C15H25NO. The summed E-state index contributed by atoms with van der Waals surface area (Å²) in [6, 6.07) is 6.45. The Hall–Kier alpha value is -1.02. The molecule has 0 unspecified atom stereocenters. The van der Waals surface area contributed by atoms with Gasteiger partial charge in [-0.15, -0.1) is 0 Å². The summed E-state index contributed by atoms with van der Waals surface area (Å²) in [6.07, 6.45) is 5.99. The molecule has 2 N–H and O–H groups in total. The third kappa shape index (κ3) is 5.22. The molecule has 0 saturated heterocycles. The zero-order chi connectivity index (χ0) is 12.5. The van der Waals surface area contributed by atoms with Gasteiger partial charge in [0.05, 0.1) is 6.61 Å². The van der Waals surface area contributed by atoms with Gasteiger partial charge in [-0.3, -0.25) is 0 Å². The van der Waals surface area contributed by atoms with Crippen LogP contribution in [0.25, 0.3) is 0 Å². The fourth-order valence-electron chi connectivity index (χ4n) is 2.01. The van der Waals surface area contributed by atoms with Gasteiger partial charge in [0, 0.05) is 0 Å². The highest BCUT2D eigenvalue weighted by Gasteiger charge is 2.03. The van der Waals surface area contributed by atoms with E-state index in [-0.39, 0.29) is 0 Å². The Bertz CT molecular complexity index is 323. The van der Waals surface area contributed by atoms with E-state index in [0.717, 1.165) is 31.7 Å². The Morgan fingerprint density at radius 3 is 2.59 bits per heavy atom. The summed E-state index contributed by atoms with van der Waals surface area (Å²) in [5.41, 5.74) is 8.14. The van der Waals surface area contributed by atoms with E-state index in [4.69, 9.17) is 10.5 Å². The maximum Gasteiger partial charge on any atom is 0.122 e. The Morgan fingerprint density at radius 1 is 1.12 bits per heavy atom. The van der Waals surface area contributed by atoms with Crippen molar-refractivity contribution >= 4 is 0 Å². The molecule has 0 aliphatic heterocycles. The lowest BCUT2D eigenvalue weighted by molar-refractivity contribution is 0.336. The lowest BCUT2D eigenvalue weighted by Gasteiger charge is -2.11. The SMILES string of the molecule is CCOc1ccc(C)cc1CCCCCCN. The van der Waals surface area contributed by atoms with Gasteiger partial charge >= 0.3 is 0 Å². The molecule has 0 bridgehead atoms. The van der Waals surface area contributed by atoms with Crippen LogP contribution in [0.1, 0.15) is 43.7 Å². The Morgan fingerprint density at radius 2 is 1.88 bits per heavy atom. The van der Waals surface area contributed by atoms with Gasteiger partial charge in [-0.25, -0.2) is 0 Å². The predicted octanol–water partition coefficient (Wildman–Crippen LogP) is 3.46. The van der Waals surface area contributed by atoms with Crippen molar-refractivity contribution in [3.63, 3.8) is 0 Å². The number of unbranched alkanes of at least 4 members (excludes halogenated alkanes) is 3. The van der Waals surface area contributed by atoms with Crippen molar-refractivity contribution < 1.29 is 4.74 Å². The lowest BCUT2D eigenvalue weighted by Crippen LogP contribution is -1.99. The number of hydrogen-bond acceptors (Lipinski definition) is 2. The van der Waals surface area contributed by atoms with E-state index in [2.05, 4.69) is 25.1 Å². The monoisotopic (exact) mass is 235 g/mol. The van der Waals surface area contributed by atoms with Crippen molar-refractivity contribution in [2.75, 3.05) is 13.2 Å². The topological polar surface area (TPSA) is 35.2 Å². The largest absolute Gasteiger partial charge is 0.494 e. The molecule has 96 valence electrons. The average Bonchev–Trinajstić information content (AvgIpc) is 2.32. The first-order chi connectivity index (χ1) is 8.27. The van der Waals surface area contributed by atoms with Gasteiger partial charge in [0.1, 0.15) is 5.75 Å². The molecule has 2 heteroatoms. The van der Waals surface area contributed by atoms with Crippen LogP contribution in [0.2, 0.25) is 0 Å². The molecule has 0 aliphatic rings. The summed E-state index contributed by atoms with van der Waals surface area (Å²) in [6.45, 7) is 5.72. The molecule has 1 aromatic rings. The van der Waals surface area contributed by atoms with Crippen LogP contribution in [0.3, 0.4) is 0 Å². The van der Waals surface area contributed by atoms with Crippen LogP contribution >= 0.6 is 0 Å².